The van der Waals surface area contributed by atoms with Gasteiger partial charge in [-0.3, -0.25) is 0 Å². The lowest BCUT2D eigenvalue weighted by Gasteiger charge is -2.02. The monoisotopic (exact) mass is 213 g/mol. The third-order valence-electron chi connectivity index (χ3n) is 2.52. The molecule has 0 spiro atoms. The minimum Gasteiger partial charge on any atom is -0.502 e. The Labute approximate surface area is 94.3 Å². The molecule has 2 heteroatoms. The van der Waals surface area contributed by atoms with Crippen molar-refractivity contribution in [2.75, 3.05) is 13.2 Å². The van der Waals surface area contributed by atoms with Gasteiger partial charge in [-0.25, -0.2) is 5.11 Å². The molecule has 0 unspecified atom stereocenters. The van der Waals surface area contributed by atoms with Crippen LogP contribution in [-0.2, 0) is 9.84 Å². The molecule has 0 rings (SSSR count). The maximum absolute atomic E-state index is 10.2. The summed E-state index contributed by atoms with van der Waals surface area (Å²) >= 11 is 0. The largest absolute Gasteiger partial charge is 0.502 e. The fourth-order valence-corrected chi connectivity index (χ4v) is 1.61. The van der Waals surface area contributed by atoms with Gasteiger partial charge in [0, 0.05) is 0 Å². The van der Waals surface area contributed by atoms with Crippen LogP contribution < -0.4 is 0 Å². The van der Waals surface area contributed by atoms with Crippen molar-refractivity contribution >= 4 is 0 Å². The summed E-state index contributed by atoms with van der Waals surface area (Å²) in [5.41, 5.74) is 0. The molecule has 15 heavy (non-hydrogen) atoms. The first kappa shape index (κ1) is 14.5. The van der Waals surface area contributed by atoms with E-state index in [2.05, 4.69) is 6.58 Å². The van der Waals surface area contributed by atoms with Crippen molar-refractivity contribution in [3.05, 3.63) is 12.8 Å². The van der Waals surface area contributed by atoms with Gasteiger partial charge in [-0.2, -0.15) is 0 Å². The molecule has 2 nitrogen and oxygen atoms in total. The van der Waals surface area contributed by atoms with Crippen LogP contribution in [0.4, 0.5) is 0 Å². The van der Waals surface area contributed by atoms with Crippen LogP contribution in [0.5, 0.6) is 0 Å². The minimum atomic E-state index is 0.100. The average molecular weight is 213 g/mol. The Morgan fingerprint density at radius 2 is 1.27 bits per heavy atom. The number of ether oxygens (including phenoxy) is 1. The van der Waals surface area contributed by atoms with Gasteiger partial charge in [0.2, 0.25) is 0 Å². The van der Waals surface area contributed by atoms with Crippen molar-refractivity contribution in [2.45, 2.75) is 57.8 Å². The first-order chi connectivity index (χ1) is 7.41. The topological polar surface area (TPSA) is 29.1 Å². The van der Waals surface area contributed by atoms with E-state index in [9.17, 15) is 5.11 Å². The van der Waals surface area contributed by atoms with Crippen molar-refractivity contribution in [3.8, 4) is 0 Å². The number of hydrogen-bond donors (Lipinski definition) is 0. The Morgan fingerprint density at radius 1 is 0.800 bits per heavy atom. The van der Waals surface area contributed by atoms with E-state index in [0.29, 0.717) is 0 Å². The van der Waals surface area contributed by atoms with E-state index >= 15 is 0 Å². The Kier molecular flexibility index (Phi) is 13.1. The lowest BCUT2D eigenvalue weighted by Crippen LogP contribution is -1.88. The van der Waals surface area contributed by atoms with Gasteiger partial charge in [-0.05, 0) is 12.8 Å². The molecule has 0 amide bonds. The Balaban J connectivity index is 2.83. The summed E-state index contributed by atoms with van der Waals surface area (Å²) in [6.07, 6.45) is 12.4. The van der Waals surface area contributed by atoms with Crippen LogP contribution in [-0.4, -0.2) is 13.2 Å². The molecule has 89 valence electrons. The molecule has 0 aliphatic heterocycles. The van der Waals surface area contributed by atoms with Crippen LogP contribution in [0.1, 0.15) is 57.8 Å². The third kappa shape index (κ3) is 13.5. The molecule has 0 aromatic heterocycles. The standard InChI is InChI=1S/C13H25O2/c1-2-15-13-11-9-7-5-3-4-6-8-10-12-14/h2H,1,3-13H2. The summed E-state index contributed by atoms with van der Waals surface area (Å²) in [6, 6.07) is 0. The second-order valence-electron chi connectivity index (χ2n) is 3.92. The number of hydrogen-bond acceptors (Lipinski definition) is 1. The van der Waals surface area contributed by atoms with E-state index in [0.717, 1.165) is 25.9 Å². The highest BCUT2D eigenvalue weighted by molar-refractivity contribution is 4.50. The lowest BCUT2D eigenvalue weighted by atomic mass is 10.1. The average Bonchev–Trinajstić information content (AvgIpc) is 2.26. The van der Waals surface area contributed by atoms with Gasteiger partial charge in [0.15, 0.2) is 0 Å². The Bertz CT molecular complexity index is 124. The molecular weight excluding hydrogens is 188 g/mol. The molecule has 0 aromatic rings. The molecule has 0 aromatic carbocycles. The van der Waals surface area contributed by atoms with Crippen molar-refractivity contribution < 1.29 is 9.84 Å². The molecule has 0 aliphatic carbocycles. The van der Waals surface area contributed by atoms with Gasteiger partial charge in [0.1, 0.15) is 0 Å². The van der Waals surface area contributed by atoms with E-state index in [1.807, 2.05) is 0 Å². The fourth-order valence-electron chi connectivity index (χ4n) is 1.61. The molecule has 1 radical (unpaired) electrons. The maximum atomic E-state index is 10.2. The zero-order chi connectivity index (χ0) is 11.2. The van der Waals surface area contributed by atoms with Gasteiger partial charge < -0.3 is 4.74 Å². The third-order valence-corrected chi connectivity index (χ3v) is 2.52. The Hall–Kier alpha value is -0.500. The second-order valence-corrected chi connectivity index (χ2v) is 3.92. The summed E-state index contributed by atoms with van der Waals surface area (Å²) in [7, 11) is 0. The van der Waals surface area contributed by atoms with Crippen LogP contribution >= 0.6 is 0 Å². The molecule has 0 heterocycles. The zero-order valence-corrected chi connectivity index (χ0v) is 9.88. The minimum absolute atomic E-state index is 0.100. The molecule has 0 N–H and O–H groups in total. The summed E-state index contributed by atoms with van der Waals surface area (Å²) in [5, 5.41) is 10.2. The summed E-state index contributed by atoms with van der Waals surface area (Å²) in [4.78, 5) is 0. The number of unbranched alkanes of at least 4 members (excludes halogenated alkanes) is 8. The van der Waals surface area contributed by atoms with Crippen molar-refractivity contribution in [3.63, 3.8) is 0 Å². The first-order valence-electron chi connectivity index (χ1n) is 6.22. The predicted molar refractivity (Wildman–Crippen MR) is 63.3 cm³/mol. The smallest absolute Gasteiger partial charge is 0.0873 e. The van der Waals surface area contributed by atoms with Crippen LogP contribution in [0.15, 0.2) is 12.8 Å². The highest BCUT2D eigenvalue weighted by atomic mass is 16.5. The fraction of sp³-hybridized carbons (Fsp3) is 0.846. The van der Waals surface area contributed by atoms with E-state index in [1.165, 1.54) is 44.8 Å². The highest BCUT2D eigenvalue weighted by Crippen LogP contribution is 2.09. The van der Waals surface area contributed by atoms with E-state index in [4.69, 9.17) is 4.74 Å². The van der Waals surface area contributed by atoms with E-state index in [-0.39, 0.29) is 6.61 Å². The zero-order valence-electron chi connectivity index (χ0n) is 9.88. The van der Waals surface area contributed by atoms with Crippen molar-refractivity contribution in [2.24, 2.45) is 0 Å². The van der Waals surface area contributed by atoms with E-state index < -0.39 is 0 Å². The van der Waals surface area contributed by atoms with Crippen LogP contribution in [0.2, 0.25) is 0 Å². The normalized spacial score (nSPS) is 10.2. The van der Waals surface area contributed by atoms with E-state index in [1.54, 1.807) is 0 Å². The van der Waals surface area contributed by atoms with Gasteiger partial charge >= 0.3 is 0 Å². The summed E-state index contributed by atoms with van der Waals surface area (Å²) < 4.78 is 5.04. The second kappa shape index (κ2) is 13.5. The first-order valence-corrected chi connectivity index (χ1v) is 6.22. The van der Waals surface area contributed by atoms with Crippen LogP contribution in [0.25, 0.3) is 0 Å². The van der Waals surface area contributed by atoms with Gasteiger partial charge in [0.25, 0.3) is 0 Å². The maximum Gasteiger partial charge on any atom is 0.0873 e. The van der Waals surface area contributed by atoms with Crippen molar-refractivity contribution in [1.82, 2.24) is 0 Å². The van der Waals surface area contributed by atoms with Gasteiger partial charge in [-0.15, -0.1) is 0 Å². The van der Waals surface area contributed by atoms with Gasteiger partial charge in [-0.1, -0.05) is 51.5 Å². The lowest BCUT2D eigenvalue weighted by molar-refractivity contribution is 0.186. The Morgan fingerprint density at radius 3 is 1.73 bits per heavy atom. The highest BCUT2D eigenvalue weighted by Gasteiger charge is 1.92. The molecule has 0 saturated heterocycles. The molecule has 0 aliphatic rings. The van der Waals surface area contributed by atoms with Crippen LogP contribution in [0.3, 0.4) is 0 Å². The number of rotatable bonds is 12. The van der Waals surface area contributed by atoms with Gasteiger partial charge in [0.05, 0.1) is 19.5 Å². The molecule has 0 saturated carbocycles. The predicted octanol–water partition coefficient (Wildman–Crippen LogP) is 4.09. The SMILES string of the molecule is C=COCCCCCCCCCCC[O]. The summed E-state index contributed by atoms with van der Waals surface area (Å²) in [5.74, 6) is 0. The molecule has 0 atom stereocenters. The molecule has 0 bridgehead atoms. The molecular formula is C13H25O2. The summed E-state index contributed by atoms with van der Waals surface area (Å²) in [6.45, 7) is 4.41. The molecule has 0 fully saturated rings. The quantitative estimate of drug-likeness (QED) is 0.354. The van der Waals surface area contributed by atoms with Crippen molar-refractivity contribution in [1.29, 1.82) is 0 Å². The van der Waals surface area contributed by atoms with Crippen LogP contribution in [0, 0.1) is 0 Å².